The first-order chi connectivity index (χ1) is 10.9. The zero-order valence-corrected chi connectivity index (χ0v) is 15.4. The lowest BCUT2D eigenvalue weighted by Gasteiger charge is -2.40. The van der Waals surface area contributed by atoms with Crippen molar-refractivity contribution >= 4 is 50.5 Å². The summed E-state index contributed by atoms with van der Waals surface area (Å²) in [6.45, 7) is 6.67. The highest BCUT2D eigenvalue weighted by molar-refractivity contribution is 7.21. The molecule has 2 aliphatic heterocycles. The van der Waals surface area contributed by atoms with Crippen molar-refractivity contribution in [3.63, 3.8) is 0 Å². The van der Waals surface area contributed by atoms with Gasteiger partial charge in [0.2, 0.25) is 0 Å². The van der Waals surface area contributed by atoms with Gasteiger partial charge in [-0.15, -0.1) is 11.3 Å². The summed E-state index contributed by atoms with van der Waals surface area (Å²) in [7, 11) is 0. The average Bonchev–Trinajstić information content (AvgIpc) is 3.19. The fourth-order valence-corrected chi connectivity index (χ4v) is 5.52. The molecule has 2 unspecified atom stereocenters. The molecule has 1 aromatic heterocycles. The summed E-state index contributed by atoms with van der Waals surface area (Å²) in [5, 5.41) is 5.28. The number of rotatable bonds is 2. The third-order valence-corrected chi connectivity index (χ3v) is 7.45. The highest BCUT2D eigenvalue weighted by Crippen LogP contribution is 2.41. The summed E-state index contributed by atoms with van der Waals surface area (Å²) >= 11 is 13.7. The molecule has 0 radical (unpaired) electrons. The summed E-state index contributed by atoms with van der Waals surface area (Å²) in [4.78, 5) is 15.9. The zero-order valence-electron chi connectivity index (χ0n) is 13.0. The van der Waals surface area contributed by atoms with Crippen LogP contribution >= 0.6 is 34.5 Å². The van der Waals surface area contributed by atoms with Crippen LogP contribution in [0, 0.1) is 5.92 Å². The Bertz CT molecular complexity index is 801. The Morgan fingerprint density at radius 1 is 1.39 bits per heavy atom. The van der Waals surface area contributed by atoms with Gasteiger partial charge in [-0.05, 0) is 50.2 Å². The highest BCUT2D eigenvalue weighted by atomic mass is 35.5. The standard InChI is InChI=1S/C17H18Cl2N2OS/c1-17(2)15(10-5-6-21(17)8-10)20-16(22)12-7-9-3-4-11(18)13(19)14(9)23-12/h3-4,7,10,15H,5-6,8H2,1-2H3,(H,20,22)/t10?,15-/m1/s1. The van der Waals surface area contributed by atoms with Gasteiger partial charge in [0.1, 0.15) is 0 Å². The van der Waals surface area contributed by atoms with E-state index in [0.29, 0.717) is 20.8 Å². The van der Waals surface area contributed by atoms with Crippen LogP contribution in [0.5, 0.6) is 0 Å². The van der Waals surface area contributed by atoms with Crippen molar-refractivity contribution in [2.24, 2.45) is 5.92 Å². The number of nitrogens with one attached hydrogen (secondary N) is 1. The Morgan fingerprint density at radius 2 is 2.17 bits per heavy atom. The van der Waals surface area contributed by atoms with Crippen molar-refractivity contribution in [2.75, 3.05) is 13.1 Å². The van der Waals surface area contributed by atoms with Crippen LogP contribution < -0.4 is 5.32 Å². The number of thiophene rings is 1. The molecule has 6 heteroatoms. The smallest absolute Gasteiger partial charge is 0.261 e. The summed E-state index contributed by atoms with van der Waals surface area (Å²) < 4.78 is 0.875. The Labute approximate surface area is 149 Å². The van der Waals surface area contributed by atoms with Crippen molar-refractivity contribution in [3.8, 4) is 0 Å². The summed E-state index contributed by atoms with van der Waals surface area (Å²) in [6.07, 6.45) is 1.17. The number of hydrogen-bond donors (Lipinski definition) is 1. The first kappa shape index (κ1) is 15.7. The van der Waals surface area contributed by atoms with E-state index < -0.39 is 0 Å². The number of carbonyl (C=O) groups is 1. The predicted molar refractivity (Wildman–Crippen MR) is 96.9 cm³/mol. The molecule has 0 aliphatic carbocycles. The number of halogens is 2. The Balaban J connectivity index is 1.61. The van der Waals surface area contributed by atoms with Crippen LogP contribution in [0.15, 0.2) is 18.2 Å². The van der Waals surface area contributed by atoms with Crippen molar-refractivity contribution in [2.45, 2.75) is 31.8 Å². The lowest BCUT2D eigenvalue weighted by Crippen LogP contribution is -2.56. The molecule has 2 fully saturated rings. The molecule has 2 saturated heterocycles. The molecule has 2 bridgehead atoms. The largest absolute Gasteiger partial charge is 0.346 e. The Kier molecular flexibility index (Phi) is 3.65. The maximum Gasteiger partial charge on any atom is 0.261 e. The molecular formula is C17H18Cl2N2OS. The fourth-order valence-electron chi connectivity index (χ4n) is 4.02. The van der Waals surface area contributed by atoms with Crippen LogP contribution in [0.3, 0.4) is 0 Å². The van der Waals surface area contributed by atoms with Crippen LogP contribution in [-0.4, -0.2) is 35.5 Å². The Morgan fingerprint density at radius 3 is 2.87 bits per heavy atom. The summed E-state index contributed by atoms with van der Waals surface area (Å²) in [6, 6.07) is 5.78. The average molecular weight is 369 g/mol. The number of fused-ring (bicyclic) bond motifs is 3. The third kappa shape index (κ3) is 2.39. The lowest BCUT2D eigenvalue weighted by molar-refractivity contribution is 0.0839. The van der Waals surface area contributed by atoms with E-state index in [-0.39, 0.29) is 17.5 Å². The maximum absolute atomic E-state index is 12.7. The molecule has 0 spiro atoms. The van der Waals surface area contributed by atoms with Gasteiger partial charge in [0.05, 0.1) is 25.7 Å². The number of nitrogens with zero attached hydrogens (tertiary/aromatic N) is 1. The van der Waals surface area contributed by atoms with Crippen molar-refractivity contribution in [1.29, 1.82) is 0 Å². The number of amides is 1. The summed E-state index contributed by atoms with van der Waals surface area (Å²) in [5.41, 5.74) is 0.0240. The van der Waals surface area contributed by atoms with E-state index in [9.17, 15) is 4.79 Å². The monoisotopic (exact) mass is 368 g/mol. The van der Waals surface area contributed by atoms with E-state index in [1.807, 2.05) is 12.1 Å². The molecular weight excluding hydrogens is 351 g/mol. The van der Waals surface area contributed by atoms with E-state index in [0.717, 1.165) is 23.2 Å². The highest BCUT2D eigenvalue weighted by Gasteiger charge is 2.51. The van der Waals surface area contributed by atoms with E-state index in [1.165, 1.54) is 17.8 Å². The van der Waals surface area contributed by atoms with Crippen molar-refractivity contribution in [3.05, 3.63) is 33.1 Å². The van der Waals surface area contributed by atoms with Crippen molar-refractivity contribution < 1.29 is 4.79 Å². The zero-order chi connectivity index (χ0) is 16.4. The molecule has 2 aromatic rings. The molecule has 1 amide bonds. The van der Waals surface area contributed by atoms with Gasteiger partial charge < -0.3 is 5.32 Å². The van der Waals surface area contributed by atoms with Crippen LogP contribution in [0.25, 0.3) is 10.1 Å². The van der Waals surface area contributed by atoms with Gasteiger partial charge >= 0.3 is 0 Å². The second-order valence-corrected chi connectivity index (χ2v) is 8.83. The number of piperidine rings is 1. The minimum atomic E-state index is -0.00906. The van der Waals surface area contributed by atoms with E-state index in [4.69, 9.17) is 23.2 Å². The third-order valence-electron chi connectivity index (χ3n) is 5.36. The van der Waals surface area contributed by atoms with Gasteiger partial charge in [-0.3, -0.25) is 9.69 Å². The first-order valence-electron chi connectivity index (χ1n) is 7.81. The minimum absolute atomic E-state index is 0.00906. The van der Waals surface area contributed by atoms with Gasteiger partial charge in [-0.1, -0.05) is 29.3 Å². The van der Waals surface area contributed by atoms with E-state index in [2.05, 4.69) is 24.1 Å². The van der Waals surface area contributed by atoms with Gasteiger partial charge in [0, 0.05) is 12.1 Å². The van der Waals surface area contributed by atoms with Crippen LogP contribution in [0.2, 0.25) is 10.0 Å². The van der Waals surface area contributed by atoms with E-state index >= 15 is 0 Å². The molecule has 3 atom stereocenters. The minimum Gasteiger partial charge on any atom is -0.346 e. The van der Waals surface area contributed by atoms with E-state index in [1.54, 1.807) is 6.07 Å². The fraction of sp³-hybridized carbons (Fsp3) is 0.471. The van der Waals surface area contributed by atoms with Crippen LogP contribution in [0.4, 0.5) is 0 Å². The second kappa shape index (κ2) is 5.35. The Hall–Kier alpha value is -0.810. The van der Waals surface area contributed by atoms with Gasteiger partial charge in [0.15, 0.2) is 0 Å². The van der Waals surface area contributed by atoms with Crippen molar-refractivity contribution in [1.82, 2.24) is 10.2 Å². The quantitative estimate of drug-likeness (QED) is 0.850. The molecule has 4 rings (SSSR count). The molecule has 3 heterocycles. The number of carbonyl (C=O) groups excluding carboxylic acids is 1. The normalized spacial score (nSPS) is 28.4. The lowest BCUT2D eigenvalue weighted by atomic mass is 9.85. The molecule has 2 aliphatic rings. The van der Waals surface area contributed by atoms with Gasteiger partial charge in [-0.2, -0.15) is 0 Å². The molecule has 122 valence electrons. The summed E-state index contributed by atoms with van der Waals surface area (Å²) in [5.74, 6) is 0.548. The number of benzene rings is 1. The predicted octanol–water partition coefficient (Wildman–Crippen LogP) is 4.42. The van der Waals surface area contributed by atoms with Crippen LogP contribution in [0.1, 0.15) is 29.9 Å². The molecule has 3 nitrogen and oxygen atoms in total. The van der Waals surface area contributed by atoms with Gasteiger partial charge in [-0.25, -0.2) is 0 Å². The maximum atomic E-state index is 12.7. The molecule has 0 saturated carbocycles. The number of hydrogen-bond acceptors (Lipinski definition) is 3. The second-order valence-electron chi connectivity index (χ2n) is 6.99. The molecule has 1 aromatic carbocycles. The van der Waals surface area contributed by atoms with Gasteiger partial charge in [0.25, 0.3) is 5.91 Å². The molecule has 23 heavy (non-hydrogen) atoms. The first-order valence-corrected chi connectivity index (χ1v) is 9.38. The SMILES string of the molecule is CC1(C)[C@H](NC(=O)c2cc3ccc(Cl)c(Cl)c3s2)C2CCN1C2. The topological polar surface area (TPSA) is 32.3 Å². The molecule has 1 N–H and O–H groups in total. The van der Waals surface area contributed by atoms with Crippen LogP contribution in [-0.2, 0) is 0 Å².